The van der Waals surface area contributed by atoms with Crippen LogP contribution in [0.4, 0.5) is 0 Å². The van der Waals surface area contributed by atoms with Crippen molar-refractivity contribution in [1.29, 1.82) is 0 Å². The van der Waals surface area contributed by atoms with Crippen LogP contribution in [0.2, 0.25) is 0 Å². The van der Waals surface area contributed by atoms with E-state index in [-0.39, 0.29) is 11.5 Å². The smallest absolute Gasteiger partial charge is 0.380 e. The van der Waals surface area contributed by atoms with Gasteiger partial charge in [0.05, 0.1) is 0 Å². The van der Waals surface area contributed by atoms with Crippen molar-refractivity contribution in [1.82, 2.24) is 0 Å². The van der Waals surface area contributed by atoms with Gasteiger partial charge in [0.1, 0.15) is 11.2 Å². The number of carbonyl (C=O) groups excluding carboxylic acids is 1. The third-order valence-electron chi connectivity index (χ3n) is 2.57. The molecule has 0 saturated heterocycles. The van der Waals surface area contributed by atoms with Crippen LogP contribution in [-0.4, -0.2) is 22.1 Å². The Hall–Kier alpha value is -2.30. The number of rotatable bonds is 2. The van der Waals surface area contributed by atoms with Crippen LogP contribution in [0.5, 0.6) is 0 Å². The Morgan fingerprint density at radius 3 is 2.37 bits per heavy atom. The number of nitrogens with two attached hydrogens (primary N) is 1. The standard InChI is InChI=1S/C14H16N2O3/c1-14(2,3)19-13(17)11-10(12(15)16(11)18)9-7-5-4-6-8-9/h4-8H,15H2,1-3H3. The third kappa shape index (κ3) is 2.45. The average molecular weight is 260 g/mol. The van der Waals surface area contributed by atoms with E-state index in [1.807, 2.05) is 18.2 Å². The van der Waals surface area contributed by atoms with E-state index in [9.17, 15) is 10.0 Å². The monoisotopic (exact) mass is 260 g/mol. The molecule has 19 heavy (non-hydrogen) atoms. The van der Waals surface area contributed by atoms with E-state index < -0.39 is 11.6 Å². The lowest BCUT2D eigenvalue weighted by atomic mass is 9.98. The maximum Gasteiger partial charge on any atom is 0.380 e. The number of hydrogen-bond acceptors (Lipinski definition) is 4. The van der Waals surface area contributed by atoms with Gasteiger partial charge in [-0.25, -0.2) is 9.53 Å². The van der Waals surface area contributed by atoms with Gasteiger partial charge in [0.2, 0.25) is 5.70 Å². The second kappa shape index (κ2) is 4.42. The molecule has 0 bridgehead atoms. The van der Waals surface area contributed by atoms with E-state index in [4.69, 9.17) is 10.5 Å². The van der Waals surface area contributed by atoms with E-state index in [1.54, 1.807) is 32.9 Å². The summed E-state index contributed by atoms with van der Waals surface area (Å²) in [5.41, 5.74) is 6.13. The highest BCUT2D eigenvalue weighted by Gasteiger charge is 2.38. The van der Waals surface area contributed by atoms with E-state index >= 15 is 0 Å². The molecule has 0 saturated carbocycles. The molecule has 5 heteroatoms. The first-order valence-electron chi connectivity index (χ1n) is 5.94. The van der Waals surface area contributed by atoms with Gasteiger partial charge < -0.3 is 9.94 Å². The summed E-state index contributed by atoms with van der Waals surface area (Å²) in [7, 11) is 0. The molecule has 1 aromatic carbocycles. The molecule has 0 fully saturated rings. The van der Waals surface area contributed by atoms with Crippen molar-refractivity contribution in [3.63, 3.8) is 0 Å². The number of amidine groups is 1. The van der Waals surface area contributed by atoms with Crippen molar-refractivity contribution in [2.75, 3.05) is 0 Å². The maximum atomic E-state index is 12.0. The Labute approximate surface area is 111 Å². The first-order valence-corrected chi connectivity index (χ1v) is 5.94. The lowest BCUT2D eigenvalue weighted by molar-refractivity contribution is -0.408. The first kappa shape index (κ1) is 13.1. The molecule has 1 aromatic rings. The summed E-state index contributed by atoms with van der Waals surface area (Å²) >= 11 is 0. The van der Waals surface area contributed by atoms with Crippen molar-refractivity contribution in [3.05, 3.63) is 46.8 Å². The van der Waals surface area contributed by atoms with Gasteiger partial charge in [0.15, 0.2) is 0 Å². The van der Waals surface area contributed by atoms with Crippen LogP contribution < -0.4 is 5.73 Å². The topological polar surface area (TPSA) is 78.4 Å². The molecule has 0 unspecified atom stereocenters. The van der Waals surface area contributed by atoms with Gasteiger partial charge in [-0.2, -0.15) is 0 Å². The second-order valence-corrected chi connectivity index (χ2v) is 5.27. The van der Waals surface area contributed by atoms with E-state index in [0.29, 0.717) is 10.3 Å². The van der Waals surface area contributed by atoms with Crippen molar-refractivity contribution in [2.45, 2.75) is 26.4 Å². The molecular weight excluding hydrogens is 244 g/mol. The normalized spacial score (nSPS) is 15.3. The number of hydroxylamine groups is 1. The minimum atomic E-state index is -0.657. The molecule has 0 spiro atoms. The Morgan fingerprint density at radius 1 is 1.26 bits per heavy atom. The lowest BCUT2D eigenvalue weighted by Crippen LogP contribution is -2.41. The molecule has 5 nitrogen and oxygen atoms in total. The predicted molar refractivity (Wildman–Crippen MR) is 72.0 cm³/mol. The zero-order valence-electron chi connectivity index (χ0n) is 11.1. The number of carbonyl (C=O) groups is 1. The van der Waals surface area contributed by atoms with Gasteiger partial charge in [0.25, 0.3) is 5.84 Å². The largest absolute Gasteiger partial charge is 0.710 e. The van der Waals surface area contributed by atoms with E-state index in [0.717, 1.165) is 5.56 Å². The number of benzene rings is 1. The van der Waals surface area contributed by atoms with Crippen molar-refractivity contribution in [2.24, 2.45) is 5.73 Å². The van der Waals surface area contributed by atoms with Crippen LogP contribution >= 0.6 is 0 Å². The van der Waals surface area contributed by atoms with Crippen molar-refractivity contribution < 1.29 is 14.3 Å². The Bertz CT molecular complexity index is 580. The first-order chi connectivity index (χ1) is 8.81. The number of ether oxygens (including phenoxy) is 1. The molecule has 0 radical (unpaired) electrons. The molecule has 100 valence electrons. The number of esters is 1. The Kier molecular flexibility index (Phi) is 3.06. The fourth-order valence-corrected chi connectivity index (χ4v) is 1.79. The highest BCUT2D eigenvalue weighted by Crippen LogP contribution is 2.28. The highest BCUT2D eigenvalue weighted by atomic mass is 16.6. The van der Waals surface area contributed by atoms with Crippen LogP contribution in [0, 0.1) is 5.21 Å². The Morgan fingerprint density at radius 2 is 1.84 bits per heavy atom. The molecule has 0 atom stereocenters. The summed E-state index contributed by atoms with van der Waals surface area (Å²) in [6.07, 6.45) is 0. The van der Waals surface area contributed by atoms with Gasteiger partial charge in [-0.3, -0.25) is 5.73 Å². The fraction of sp³-hybridized carbons (Fsp3) is 0.286. The maximum absolute atomic E-state index is 12.0. The zero-order valence-corrected chi connectivity index (χ0v) is 11.1. The summed E-state index contributed by atoms with van der Waals surface area (Å²) in [5, 5.41) is 11.7. The molecule has 2 rings (SSSR count). The quantitative estimate of drug-likeness (QED) is 0.498. The summed E-state index contributed by atoms with van der Waals surface area (Å²) in [4.78, 5) is 12.0. The zero-order chi connectivity index (χ0) is 14.2. The van der Waals surface area contributed by atoms with Gasteiger partial charge in [0, 0.05) is 0 Å². The van der Waals surface area contributed by atoms with Crippen LogP contribution in [0.1, 0.15) is 26.3 Å². The highest BCUT2D eigenvalue weighted by molar-refractivity contribution is 6.28. The molecule has 2 N–H and O–H groups in total. The van der Waals surface area contributed by atoms with E-state index in [2.05, 4.69) is 0 Å². The van der Waals surface area contributed by atoms with Gasteiger partial charge in [-0.05, 0) is 26.3 Å². The minimum Gasteiger partial charge on any atom is -0.710 e. The molecule has 1 aliphatic rings. The molecular formula is C14H16N2O3. The van der Waals surface area contributed by atoms with Gasteiger partial charge >= 0.3 is 5.97 Å². The van der Waals surface area contributed by atoms with Crippen LogP contribution in [-0.2, 0) is 9.53 Å². The molecule has 0 amide bonds. The van der Waals surface area contributed by atoms with Gasteiger partial charge in [-0.1, -0.05) is 30.3 Å². The summed E-state index contributed by atoms with van der Waals surface area (Å²) in [5.74, 6) is -0.623. The average Bonchev–Trinajstić information content (AvgIpc) is 2.33. The van der Waals surface area contributed by atoms with Crippen molar-refractivity contribution in [3.8, 4) is 0 Å². The molecule has 0 aliphatic carbocycles. The van der Waals surface area contributed by atoms with Crippen LogP contribution in [0.15, 0.2) is 36.0 Å². The van der Waals surface area contributed by atoms with E-state index in [1.165, 1.54) is 0 Å². The number of hydrogen-bond donors (Lipinski definition) is 1. The molecule has 1 heterocycles. The molecule has 1 aliphatic heterocycles. The summed E-state index contributed by atoms with van der Waals surface area (Å²) in [6.45, 7) is 5.23. The van der Waals surface area contributed by atoms with Crippen LogP contribution in [0.25, 0.3) is 5.57 Å². The van der Waals surface area contributed by atoms with Gasteiger partial charge in [-0.15, -0.1) is 0 Å². The molecule has 0 aromatic heterocycles. The third-order valence-corrected chi connectivity index (χ3v) is 2.57. The number of nitrogens with zero attached hydrogens (tertiary/aromatic N) is 1. The van der Waals surface area contributed by atoms with Crippen LogP contribution in [0.3, 0.4) is 0 Å². The fourth-order valence-electron chi connectivity index (χ4n) is 1.79. The second-order valence-electron chi connectivity index (χ2n) is 5.27. The minimum absolute atomic E-state index is 0.0343. The lowest BCUT2D eigenvalue weighted by Gasteiger charge is -2.27. The summed E-state index contributed by atoms with van der Waals surface area (Å²) < 4.78 is 5.62. The SMILES string of the molecule is CC(C)(C)OC(=O)C1=C(c2ccccc2)C(N)=[N+]1[O-]. The predicted octanol–water partition coefficient (Wildman–Crippen LogP) is 1.62. The summed E-state index contributed by atoms with van der Waals surface area (Å²) in [6, 6.07) is 9.06. The van der Waals surface area contributed by atoms with Crippen molar-refractivity contribution >= 4 is 17.4 Å². The Balaban J connectivity index is 2.36.